The van der Waals surface area contributed by atoms with Crippen LogP contribution < -0.4 is 0 Å². The smallest absolute Gasteiger partial charge is 0.340 e. The molecule has 0 aliphatic heterocycles. The van der Waals surface area contributed by atoms with Gasteiger partial charge < -0.3 is 14.6 Å². The van der Waals surface area contributed by atoms with Crippen LogP contribution in [0.1, 0.15) is 46.0 Å². The second-order valence-corrected chi connectivity index (χ2v) is 5.37. The molecule has 0 aliphatic rings. The number of nitrogens with zero attached hydrogens (tertiary/aromatic N) is 1. The van der Waals surface area contributed by atoms with Crippen molar-refractivity contribution in [2.75, 3.05) is 13.2 Å². The Morgan fingerprint density at radius 2 is 1.44 bits per heavy atom. The molecule has 0 amide bonds. The van der Waals surface area contributed by atoms with Crippen molar-refractivity contribution < 1.29 is 24.2 Å². The van der Waals surface area contributed by atoms with E-state index in [9.17, 15) is 14.7 Å². The molecule has 2 aromatic rings. The van der Waals surface area contributed by atoms with Gasteiger partial charge >= 0.3 is 11.9 Å². The van der Waals surface area contributed by atoms with Crippen molar-refractivity contribution in [3.8, 4) is 16.9 Å². The second kappa shape index (κ2) is 7.79. The third-order valence-corrected chi connectivity index (χ3v) is 3.69. The Balaban J connectivity index is 2.89. The summed E-state index contributed by atoms with van der Waals surface area (Å²) in [6.07, 6.45) is 0. The number of aryl methyl sites for hydroxylation is 2. The molecule has 0 radical (unpaired) electrons. The number of esters is 2. The first-order valence-electron chi connectivity index (χ1n) is 8.06. The van der Waals surface area contributed by atoms with Gasteiger partial charge in [0.05, 0.1) is 35.7 Å². The van der Waals surface area contributed by atoms with Gasteiger partial charge in [0.1, 0.15) is 5.75 Å². The lowest BCUT2D eigenvalue weighted by Crippen LogP contribution is -2.17. The first-order valence-corrected chi connectivity index (χ1v) is 8.06. The summed E-state index contributed by atoms with van der Waals surface area (Å²) in [5.41, 5.74) is 1.76. The summed E-state index contributed by atoms with van der Waals surface area (Å²) >= 11 is 0. The monoisotopic (exact) mass is 343 g/mol. The average molecular weight is 343 g/mol. The summed E-state index contributed by atoms with van der Waals surface area (Å²) in [5.74, 6) is -1.25. The topological polar surface area (TPSA) is 85.7 Å². The number of carbonyl (C=O) groups is 2. The van der Waals surface area contributed by atoms with Gasteiger partial charge in [-0.15, -0.1) is 0 Å². The molecule has 0 spiro atoms. The van der Waals surface area contributed by atoms with Crippen LogP contribution in [-0.4, -0.2) is 35.2 Å². The number of aromatic nitrogens is 1. The van der Waals surface area contributed by atoms with Crippen LogP contribution in [0.2, 0.25) is 0 Å². The van der Waals surface area contributed by atoms with Gasteiger partial charge in [0.15, 0.2) is 0 Å². The fourth-order valence-corrected chi connectivity index (χ4v) is 2.71. The molecule has 6 nitrogen and oxygen atoms in total. The Bertz CT molecular complexity index is 771. The van der Waals surface area contributed by atoms with Crippen molar-refractivity contribution in [2.24, 2.45) is 0 Å². The predicted molar refractivity (Wildman–Crippen MR) is 92.7 cm³/mol. The summed E-state index contributed by atoms with van der Waals surface area (Å²) in [7, 11) is 0. The number of para-hydroxylation sites is 1. The van der Waals surface area contributed by atoms with E-state index in [1.165, 1.54) is 6.07 Å². The first kappa shape index (κ1) is 18.4. The minimum Gasteiger partial charge on any atom is -0.507 e. The van der Waals surface area contributed by atoms with E-state index in [-0.39, 0.29) is 35.7 Å². The lowest BCUT2D eigenvalue weighted by atomic mass is 9.92. The molecule has 0 saturated carbocycles. The van der Waals surface area contributed by atoms with Crippen LogP contribution in [0.3, 0.4) is 0 Å². The molecule has 2 rings (SSSR count). The van der Waals surface area contributed by atoms with Crippen LogP contribution in [-0.2, 0) is 9.47 Å². The van der Waals surface area contributed by atoms with Gasteiger partial charge in [-0.2, -0.15) is 0 Å². The molecular formula is C19H21NO5. The third kappa shape index (κ3) is 3.63. The number of hydrogen-bond donors (Lipinski definition) is 1. The molecule has 0 unspecified atom stereocenters. The molecule has 1 aromatic carbocycles. The van der Waals surface area contributed by atoms with E-state index in [4.69, 9.17) is 9.47 Å². The number of pyridine rings is 1. The van der Waals surface area contributed by atoms with Crippen molar-refractivity contribution in [2.45, 2.75) is 27.7 Å². The van der Waals surface area contributed by atoms with Crippen LogP contribution in [0, 0.1) is 13.8 Å². The Labute approximate surface area is 146 Å². The molecule has 6 heteroatoms. The van der Waals surface area contributed by atoms with Crippen LogP contribution in [0.15, 0.2) is 24.3 Å². The summed E-state index contributed by atoms with van der Waals surface area (Å²) in [6.45, 7) is 7.08. The maximum Gasteiger partial charge on any atom is 0.340 e. The SMILES string of the molecule is CCOC(=O)c1c(C)nc(C)c(C(=O)OCC)c1-c1ccccc1O. The normalized spacial score (nSPS) is 10.4. The van der Waals surface area contributed by atoms with Gasteiger partial charge in [0, 0.05) is 11.1 Å². The molecule has 0 atom stereocenters. The van der Waals surface area contributed by atoms with E-state index >= 15 is 0 Å². The molecule has 25 heavy (non-hydrogen) atoms. The lowest BCUT2D eigenvalue weighted by molar-refractivity contribution is 0.0525. The van der Waals surface area contributed by atoms with Gasteiger partial charge in [0.2, 0.25) is 0 Å². The van der Waals surface area contributed by atoms with Gasteiger partial charge in [-0.05, 0) is 33.8 Å². The highest BCUT2D eigenvalue weighted by atomic mass is 16.5. The highest BCUT2D eigenvalue weighted by Crippen LogP contribution is 2.37. The number of ether oxygens (including phenoxy) is 2. The summed E-state index contributed by atoms with van der Waals surface area (Å²) in [5, 5.41) is 10.3. The van der Waals surface area contributed by atoms with Crippen molar-refractivity contribution in [3.05, 3.63) is 46.8 Å². The van der Waals surface area contributed by atoms with Gasteiger partial charge in [-0.25, -0.2) is 9.59 Å². The van der Waals surface area contributed by atoms with Gasteiger partial charge in [-0.3, -0.25) is 4.98 Å². The van der Waals surface area contributed by atoms with E-state index < -0.39 is 11.9 Å². The molecule has 1 N–H and O–H groups in total. The maximum atomic E-state index is 12.5. The van der Waals surface area contributed by atoms with Crippen molar-refractivity contribution in [1.29, 1.82) is 0 Å². The van der Waals surface area contributed by atoms with Gasteiger partial charge in [-0.1, -0.05) is 18.2 Å². The highest BCUT2D eigenvalue weighted by molar-refractivity contribution is 6.07. The van der Waals surface area contributed by atoms with Crippen molar-refractivity contribution >= 4 is 11.9 Å². The molecule has 132 valence electrons. The zero-order chi connectivity index (χ0) is 18.6. The van der Waals surface area contributed by atoms with Crippen molar-refractivity contribution in [3.63, 3.8) is 0 Å². The molecule has 0 bridgehead atoms. The predicted octanol–water partition coefficient (Wildman–Crippen LogP) is 3.42. The summed E-state index contributed by atoms with van der Waals surface area (Å²) in [4.78, 5) is 29.4. The number of aromatic hydroxyl groups is 1. The van der Waals surface area contributed by atoms with E-state index in [0.29, 0.717) is 17.0 Å². The molecule has 1 heterocycles. The number of hydrogen-bond acceptors (Lipinski definition) is 6. The summed E-state index contributed by atoms with van der Waals surface area (Å²) in [6, 6.07) is 6.50. The molecular weight excluding hydrogens is 322 g/mol. The van der Waals surface area contributed by atoms with Gasteiger partial charge in [0.25, 0.3) is 0 Å². The molecule has 1 aromatic heterocycles. The van der Waals surface area contributed by atoms with E-state index in [0.717, 1.165) is 0 Å². The zero-order valence-corrected chi connectivity index (χ0v) is 14.8. The van der Waals surface area contributed by atoms with Crippen LogP contribution in [0.25, 0.3) is 11.1 Å². The molecule has 0 saturated heterocycles. The number of phenols is 1. The first-order chi connectivity index (χ1) is 11.9. The zero-order valence-electron chi connectivity index (χ0n) is 14.8. The molecule has 0 fully saturated rings. The summed E-state index contributed by atoms with van der Waals surface area (Å²) < 4.78 is 10.3. The Morgan fingerprint density at radius 1 is 0.960 bits per heavy atom. The largest absolute Gasteiger partial charge is 0.507 e. The number of rotatable bonds is 5. The highest BCUT2D eigenvalue weighted by Gasteiger charge is 2.28. The lowest BCUT2D eigenvalue weighted by Gasteiger charge is -2.18. The minimum atomic E-state index is -0.601. The Kier molecular flexibility index (Phi) is 5.75. The standard InChI is InChI=1S/C19H21NO5/c1-5-24-18(22)15-11(3)20-12(4)16(19(23)25-6-2)17(15)13-9-7-8-10-14(13)21/h7-10,21H,5-6H2,1-4H3. The molecule has 0 aliphatic carbocycles. The fourth-order valence-electron chi connectivity index (χ4n) is 2.71. The van der Waals surface area contributed by atoms with E-state index in [1.807, 2.05) is 0 Å². The maximum absolute atomic E-state index is 12.5. The van der Waals surface area contributed by atoms with Crippen LogP contribution in [0.5, 0.6) is 5.75 Å². The average Bonchev–Trinajstić information content (AvgIpc) is 2.54. The third-order valence-electron chi connectivity index (χ3n) is 3.69. The quantitative estimate of drug-likeness (QED) is 0.837. The number of phenolic OH excluding ortho intramolecular Hbond substituents is 1. The number of carbonyl (C=O) groups excluding carboxylic acids is 2. The second-order valence-electron chi connectivity index (χ2n) is 5.37. The van der Waals surface area contributed by atoms with Crippen LogP contribution >= 0.6 is 0 Å². The van der Waals surface area contributed by atoms with Crippen LogP contribution in [0.4, 0.5) is 0 Å². The Morgan fingerprint density at radius 3 is 1.88 bits per heavy atom. The van der Waals surface area contributed by atoms with E-state index in [1.54, 1.807) is 45.9 Å². The van der Waals surface area contributed by atoms with Crippen molar-refractivity contribution in [1.82, 2.24) is 4.98 Å². The fraction of sp³-hybridized carbons (Fsp3) is 0.316. The minimum absolute atomic E-state index is 0.0522. The number of benzene rings is 1. The van der Waals surface area contributed by atoms with E-state index in [2.05, 4.69) is 4.98 Å². The Hall–Kier alpha value is -2.89.